The third kappa shape index (κ3) is 4.61. The monoisotopic (exact) mass is 405 g/mol. The molecular formula is C20H27N3O6. The molecule has 158 valence electrons. The highest BCUT2D eigenvalue weighted by Crippen LogP contribution is 2.33. The Morgan fingerprint density at radius 3 is 2.10 bits per heavy atom. The van der Waals surface area contributed by atoms with Gasteiger partial charge in [-0.15, -0.1) is 0 Å². The SMILES string of the molecule is COc1cc2cc(C(=O)NC(C(=O)NC(C)C(=O)O)C(C)C)n(C)c2cc1OC. The van der Waals surface area contributed by atoms with Gasteiger partial charge in [-0.3, -0.25) is 14.4 Å². The quantitative estimate of drug-likeness (QED) is 0.613. The van der Waals surface area contributed by atoms with Crippen LogP contribution in [-0.4, -0.2) is 53.8 Å². The number of carbonyl (C=O) groups excluding carboxylic acids is 2. The van der Waals surface area contributed by atoms with Gasteiger partial charge >= 0.3 is 5.97 Å². The number of benzene rings is 1. The molecule has 1 aromatic carbocycles. The summed E-state index contributed by atoms with van der Waals surface area (Å²) in [7, 11) is 4.80. The van der Waals surface area contributed by atoms with Gasteiger partial charge in [0.2, 0.25) is 5.91 Å². The Hall–Kier alpha value is -3.23. The molecule has 9 nitrogen and oxygen atoms in total. The number of carboxylic acids is 1. The van der Waals surface area contributed by atoms with Crippen LogP contribution in [0.4, 0.5) is 0 Å². The zero-order chi connectivity index (χ0) is 21.9. The van der Waals surface area contributed by atoms with Crippen LogP contribution in [0.2, 0.25) is 0 Å². The van der Waals surface area contributed by atoms with Gasteiger partial charge in [-0.1, -0.05) is 13.8 Å². The molecule has 3 N–H and O–H groups in total. The Kier molecular flexibility index (Phi) is 6.73. The van der Waals surface area contributed by atoms with Crippen LogP contribution in [0.3, 0.4) is 0 Å². The van der Waals surface area contributed by atoms with E-state index >= 15 is 0 Å². The van der Waals surface area contributed by atoms with E-state index in [0.717, 1.165) is 10.9 Å². The maximum absolute atomic E-state index is 12.9. The van der Waals surface area contributed by atoms with Crippen LogP contribution >= 0.6 is 0 Å². The molecule has 0 aliphatic rings. The van der Waals surface area contributed by atoms with Gasteiger partial charge in [-0.2, -0.15) is 0 Å². The highest BCUT2D eigenvalue weighted by molar-refractivity contribution is 6.01. The third-order valence-electron chi connectivity index (χ3n) is 4.75. The van der Waals surface area contributed by atoms with Crippen LogP contribution in [0.15, 0.2) is 18.2 Å². The number of nitrogens with one attached hydrogen (secondary N) is 2. The van der Waals surface area contributed by atoms with Crippen LogP contribution in [0, 0.1) is 5.92 Å². The van der Waals surface area contributed by atoms with Crippen molar-refractivity contribution < 1.29 is 29.0 Å². The summed E-state index contributed by atoms with van der Waals surface area (Å²) in [6.07, 6.45) is 0. The summed E-state index contributed by atoms with van der Waals surface area (Å²) in [4.78, 5) is 36.3. The van der Waals surface area contributed by atoms with E-state index < -0.39 is 29.9 Å². The van der Waals surface area contributed by atoms with Crippen LogP contribution in [-0.2, 0) is 16.6 Å². The van der Waals surface area contributed by atoms with Gasteiger partial charge in [0, 0.05) is 18.5 Å². The van der Waals surface area contributed by atoms with Crippen molar-refractivity contribution in [3.8, 4) is 11.5 Å². The lowest BCUT2D eigenvalue weighted by molar-refractivity contribution is -0.141. The number of methoxy groups -OCH3 is 2. The van der Waals surface area contributed by atoms with E-state index in [1.807, 2.05) is 0 Å². The van der Waals surface area contributed by atoms with E-state index in [1.54, 1.807) is 43.7 Å². The van der Waals surface area contributed by atoms with Crippen molar-refractivity contribution in [1.29, 1.82) is 0 Å². The number of ether oxygens (including phenoxy) is 2. The van der Waals surface area contributed by atoms with Crippen molar-refractivity contribution in [2.75, 3.05) is 14.2 Å². The summed E-state index contributed by atoms with van der Waals surface area (Å²) in [6, 6.07) is 3.30. The van der Waals surface area contributed by atoms with Gasteiger partial charge in [0.1, 0.15) is 17.8 Å². The Labute approximate surface area is 169 Å². The molecular weight excluding hydrogens is 378 g/mol. The molecule has 29 heavy (non-hydrogen) atoms. The molecule has 1 heterocycles. The molecule has 0 aliphatic carbocycles. The second-order valence-corrected chi connectivity index (χ2v) is 7.12. The molecule has 9 heteroatoms. The van der Waals surface area contributed by atoms with Gasteiger partial charge in [0.25, 0.3) is 5.91 Å². The van der Waals surface area contributed by atoms with Gasteiger partial charge < -0.3 is 29.8 Å². The topological polar surface area (TPSA) is 119 Å². The van der Waals surface area contributed by atoms with Gasteiger partial charge in [-0.05, 0) is 25.0 Å². The molecule has 0 radical (unpaired) electrons. The zero-order valence-corrected chi connectivity index (χ0v) is 17.4. The molecule has 0 aliphatic heterocycles. The fraction of sp³-hybridized carbons (Fsp3) is 0.450. The van der Waals surface area contributed by atoms with E-state index in [2.05, 4.69) is 10.6 Å². The summed E-state index contributed by atoms with van der Waals surface area (Å²) in [5, 5.41) is 14.9. The van der Waals surface area contributed by atoms with Gasteiger partial charge in [0.15, 0.2) is 11.5 Å². The number of amides is 2. The third-order valence-corrected chi connectivity index (χ3v) is 4.75. The average Bonchev–Trinajstić information content (AvgIpc) is 2.99. The molecule has 2 amide bonds. The standard InChI is InChI=1S/C20H27N3O6/c1-10(2)17(19(25)21-11(3)20(26)27)22-18(24)14-7-12-8-15(28-5)16(29-6)9-13(12)23(14)4/h7-11,17H,1-6H3,(H,21,25)(H,22,24)(H,26,27). The minimum absolute atomic E-state index is 0.241. The first kappa shape index (κ1) is 22.1. The maximum Gasteiger partial charge on any atom is 0.325 e. The Morgan fingerprint density at radius 2 is 1.59 bits per heavy atom. The second-order valence-electron chi connectivity index (χ2n) is 7.12. The average molecular weight is 405 g/mol. The van der Waals surface area contributed by atoms with Crippen molar-refractivity contribution >= 4 is 28.7 Å². The summed E-state index contributed by atoms with van der Waals surface area (Å²) >= 11 is 0. The first-order chi connectivity index (χ1) is 13.6. The van der Waals surface area contributed by atoms with Crippen molar-refractivity contribution in [2.45, 2.75) is 32.9 Å². The van der Waals surface area contributed by atoms with Gasteiger partial charge in [-0.25, -0.2) is 0 Å². The number of nitrogens with zero attached hydrogens (tertiary/aromatic N) is 1. The summed E-state index contributed by atoms with van der Waals surface area (Å²) in [5.41, 5.74) is 1.11. The Morgan fingerprint density at radius 1 is 1.00 bits per heavy atom. The predicted octanol–water partition coefficient (Wildman–Crippen LogP) is 1.54. The number of carbonyl (C=O) groups is 3. The molecule has 0 saturated carbocycles. The molecule has 1 aromatic heterocycles. The number of aryl methyl sites for hydroxylation is 1. The number of hydrogen-bond donors (Lipinski definition) is 3. The van der Waals surface area contributed by atoms with E-state index in [9.17, 15) is 14.4 Å². The number of carboxylic acid groups (broad SMARTS) is 1. The summed E-state index contributed by atoms with van der Waals surface area (Å²) in [6.45, 7) is 4.91. The highest BCUT2D eigenvalue weighted by Gasteiger charge is 2.28. The van der Waals surface area contributed by atoms with Crippen molar-refractivity contribution in [3.05, 3.63) is 23.9 Å². The zero-order valence-electron chi connectivity index (χ0n) is 17.4. The number of hydrogen-bond acceptors (Lipinski definition) is 5. The molecule has 0 saturated heterocycles. The second kappa shape index (κ2) is 8.85. The molecule has 0 fully saturated rings. The number of rotatable bonds is 8. The molecule has 2 aromatic rings. The van der Waals surface area contributed by atoms with Crippen LogP contribution < -0.4 is 20.1 Å². The van der Waals surface area contributed by atoms with E-state index in [1.165, 1.54) is 21.1 Å². The number of aromatic nitrogens is 1. The minimum atomic E-state index is -1.15. The first-order valence-corrected chi connectivity index (χ1v) is 9.16. The highest BCUT2D eigenvalue weighted by atomic mass is 16.5. The van der Waals surface area contributed by atoms with Gasteiger partial charge in [0.05, 0.1) is 19.7 Å². The molecule has 0 spiro atoms. The lowest BCUT2D eigenvalue weighted by atomic mass is 10.0. The lowest BCUT2D eigenvalue weighted by Crippen LogP contribution is -2.53. The maximum atomic E-state index is 12.9. The Balaban J connectivity index is 2.32. The number of fused-ring (bicyclic) bond motifs is 1. The lowest BCUT2D eigenvalue weighted by Gasteiger charge is -2.23. The summed E-state index contributed by atoms with van der Waals surface area (Å²) < 4.78 is 12.3. The van der Waals surface area contributed by atoms with Crippen LogP contribution in [0.5, 0.6) is 11.5 Å². The molecule has 2 atom stereocenters. The fourth-order valence-electron chi connectivity index (χ4n) is 3.00. The van der Waals surface area contributed by atoms with E-state index in [-0.39, 0.29) is 5.92 Å². The number of aliphatic carboxylic acids is 1. The van der Waals surface area contributed by atoms with Crippen LogP contribution in [0.1, 0.15) is 31.3 Å². The molecule has 2 rings (SSSR count). The van der Waals surface area contributed by atoms with Crippen molar-refractivity contribution in [1.82, 2.24) is 15.2 Å². The summed E-state index contributed by atoms with van der Waals surface area (Å²) in [5.74, 6) is -1.31. The fourth-order valence-corrected chi connectivity index (χ4v) is 3.00. The normalized spacial score (nSPS) is 13.1. The predicted molar refractivity (Wildman–Crippen MR) is 107 cm³/mol. The van der Waals surface area contributed by atoms with Crippen LogP contribution in [0.25, 0.3) is 10.9 Å². The molecule has 0 bridgehead atoms. The van der Waals surface area contributed by atoms with Crippen molar-refractivity contribution in [2.24, 2.45) is 13.0 Å². The van der Waals surface area contributed by atoms with Crippen molar-refractivity contribution in [3.63, 3.8) is 0 Å². The molecule has 2 unspecified atom stereocenters. The minimum Gasteiger partial charge on any atom is -0.493 e. The smallest absolute Gasteiger partial charge is 0.325 e. The Bertz CT molecular complexity index is 934. The van der Waals surface area contributed by atoms with E-state index in [4.69, 9.17) is 14.6 Å². The van der Waals surface area contributed by atoms with E-state index in [0.29, 0.717) is 17.2 Å². The first-order valence-electron chi connectivity index (χ1n) is 9.16. The largest absolute Gasteiger partial charge is 0.493 e.